The van der Waals surface area contributed by atoms with Gasteiger partial charge in [0.25, 0.3) is 0 Å². The SMILES string of the molecule is CCC1=C2C(C#N)=C(N)OC2C(C)C=C1. The predicted octanol–water partition coefficient (Wildman–Crippen LogP) is 1.99. The van der Waals surface area contributed by atoms with E-state index in [4.69, 9.17) is 15.7 Å². The van der Waals surface area contributed by atoms with Gasteiger partial charge in [-0.25, -0.2) is 0 Å². The number of nitrogens with two attached hydrogens (primary N) is 1. The summed E-state index contributed by atoms with van der Waals surface area (Å²) in [5, 5.41) is 9.05. The summed E-state index contributed by atoms with van der Waals surface area (Å²) in [4.78, 5) is 0. The fraction of sp³-hybridized carbons (Fsp3) is 0.417. The predicted molar refractivity (Wildman–Crippen MR) is 57.3 cm³/mol. The first-order valence-electron chi connectivity index (χ1n) is 5.17. The maximum atomic E-state index is 9.05. The van der Waals surface area contributed by atoms with Gasteiger partial charge in [0, 0.05) is 11.5 Å². The molecule has 2 aliphatic rings. The van der Waals surface area contributed by atoms with E-state index in [0.29, 0.717) is 5.57 Å². The molecule has 2 N–H and O–H groups in total. The Balaban J connectivity index is 2.54. The highest BCUT2D eigenvalue weighted by atomic mass is 16.5. The molecule has 15 heavy (non-hydrogen) atoms. The van der Waals surface area contributed by atoms with E-state index in [1.54, 1.807) is 0 Å². The molecule has 0 spiro atoms. The Labute approximate surface area is 89.5 Å². The molecule has 2 atom stereocenters. The molecular formula is C12H14N2O. The highest BCUT2D eigenvalue weighted by Gasteiger charge is 2.36. The molecule has 3 heteroatoms. The molecule has 3 nitrogen and oxygen atoms in total. The summed E-state index contributed by atoms with van der Waals surface area (Å²) in [7, 11) is 0. The van der Waals surface area contributed by atoms with Gasteiger partial charge in [0.1, 0.15) is 17.7 Å². The first kappa shape index (κ1) is 9.85. The van der Waals surface area contributed by atoms with Crippen LogP contribution in [-0.4, -0.2) is 6.10 Å². The molecule has 0 aromatic carbocycles. The third-order valence-electron chi connectivity index (χ3n) is 2.97. The smallest absolute Gasteiger partial charge is 0.203 e. The molecule has 1 aliphatic heterocycles. The Kier molecular flexibility index (Phi) is 2.28. The number of hydrogen-bond acceptors (Lipinski definition) is 3. The quantitative estimate of drug-likeness (QED) is 0.707. The fourth-order valence-electron chi connectivity index (χ4n) is 2.13. The van der Waals surface area contributed by atoms with E-state index in [9.17, 15) is 0 Å². The minimum Gasteiger partial charge on any atom is -0.470 e. The van der Waals surface area contributed by atoms with Crippen LogP contribution in [0.2, 0.25) is 0 Å². The zero-order chi connectivity index (χ0) is 11.0. The van der Waals surface area contributed by atoms with Gasteiger partial charge in [-0.3, -0.25) is 0 Å². The molecule has 0 aromatic heterocycles. The van der Waals surface area contributed by atoms with Gasteiger partial charge in [0.2, 0.25) is 5.88 Å². The van der Waals surface area contributed by atoms with E-state index in [0.717, 1.165) is 17.6 Å². The normalized spacial score (nSPS) is 28.9. The van der Waals surface area contributed by atoms with Gasteiger partial charge < -0.3 is 10.5 Å². The zero-order valence-corrected chi connectivity index (χ0v) is 8.95. The summed E-state index contributed by atoms with van der Waals surface area (Å²) >= 11 is 0. The van der Waals surface area contributed by atoms with Gasteiger partial charge in [0.05, 0.1) is 0 Å². The van der Waals surface area contributed by atoms with E-state index >= 15 is 0 Å². The highest BCUT2D eigenvalue weighted by molar-refractivity contribution is 5.55. The van der Waals surface area contributed by atoms with Crippen LogP contribution in [0.15, 0.2) is 34.8 Å². The molecule has 1 heterocycles. The van der Waals surface area contributed by atoms with Crippen LogP contribution in [-0.2, 0) is 4.74 Å². The lowest BCUT2D eigenvalue weighted by Gasteiger charge is -2.23. The lowest BCUT2D eigenvalue weighted by Crippen LogP contribution is -2.22. The second-order valence-electron chi connectivity index (χ2n) is 3.90. The van der Waals surface area contributed by atoms with Gasteiger partial charge in [-0.2, -0.15) is 5.26 Å². The number of fused-ring (bicyclic) bond motifs is 1. The summed E-state index contributed by atoms with van der Waals surface area (Å²) in [5.41, 5.74) is 8.38. The van der Waals surface area contributed by atoms with Crippen LogP contribution < -0.4 is 5.73 Å². The third kappa shape index (κ3) is 1.33. The Morgan fingerprint density at radius 2 is 2.33 bits per heavy atom. The summed E-state index contributed by atoms with van der Waals surface area (Å²) in [5.74, 6) is 0.554. The first-order valence-corrected chi connectivity index (χ1v) is 5.17. The number of allylic oxidation sites excluding steroid dienone is 2. The molecule has 2 rings (SSSR count). The number of hydrogen-bond donors (Lipinski definition) is 1. The van der Waals surface area contributed by atoms with E-state index in [1.165, 1.54) is 0 Å². The van der Waals surface area contributed by atoms with Crippen molar-refractivity contribution in [1.29, 1.82) is 5.26 Å². The molecule has 0 amide bonds. The number of ether oxygens (including phenoxy) is 1. The van der Waals surface area contributed by atoms with Crippen molar-refractivity contribution in [1.82, 2.24) is 0 Å². The molecule has 0 aromatic rings. The molecule has 0 saturated heterocycles. The number of rotatable bonds is 1. The topological polar surface area (TPSA) is 59.0 Å². The molecule has 1 aliphatic carbocycles. The summed E-state index contributed by atoms with van der Waals surface area (Å²) in [6, 6.07) is 2.14. The minimum absolute atomic E-state index is 0.0559. The zero-order valence-electron chi connectivity index (χ0n) is 8.95. The molecule has 0 bridgehead atoms. The Morgan fingerprint density at radius 3 is 2.93 bits per heavy atom. The van der Waals surface area contributed by atoms with E-state index in [-0.39, 0.29) is 17.9 Å². The van der Waals surface area contributed by atoms with Crippen molar-refractivity contribution in [3.63, 3.8) is 0 Å². The van der Waals surface area contributed by atoms with Crippen LogP contribution in [0.1, 0.15) is 20.3 Å². The van der Waals surface area contributed by atoms with Crippen LogP contribution in [0.3, 0.4) is 0 Å². The van der Waals surface area contributed by atoms with Gasteiger partial charge in [0.15, 0.2) is 0 Å². The van der Waals surface area contributed by atoms with Crippen molar-refractivity contribution in [2.24, 2.45) is 11.7 Å². The second-order valence-corrected chi connectivity index (χ2v) is 3.90. The van der Waals surface area contributed by atoms with Crippen molar-refractivity contribution in [2.45, 2.75) is 26.4 Å². The number of nitrogens with zero attached hydrogens (tertiary/aromatic N) is 1. The van der Waals surface area contributed by atoms with Crippen LogP contribution in [0.4, 0.5) is 0 Å². The van der Waals surface area contributed by atoms with Crippen LogP contribution in [0, 0.1) is 17.2 Å². The van der Waals surface area contributed by atoms with E-state index in [2.05, 4.69) is 32.1 Å². The van der Waals surface area contributed by atoms with Crippen molar-refractivity contribution in [3.05, 3.63) is 34.8 Å². The average Bonchev–Trinajstić information content (AvgIpc) is 2.56. The Morgan fingerprint density at radius 1 is 1.60 bits per heavy atom. The highest BCUT2D eigenvalue weighted by Crippen LogP contribution is 2.38. The lowest BCUT2D eigenvalue weighted by molar-refractivity contribution is 0.132. The fourth-order valence-corrected chi connectivity index (χ4v) is 2.13. The van der Waals surface area contributed by atoms with Crippen molar-refractivity contribution in [3.8, 4) is 6.07 Å². The van der Waals surface area contributed by atoms with Crippen LogP contribution in [0.5, 0.6) is 0 Å². The largest absolute Gasteiger partial charge is 0.470 e. The van der Waals surface area contributed by atoms with Crippen molar-refractivity contribution in [2.75, 3.05) is 0 Å². The summed E-state index contributed by atoms with van der Waals surface area (Å²) in [6.45, 7) is 4.14. The molecular weight excluding hydrogens is 188 g/mol. The van der Waals surface area contributed by atoms with Gasteiger partial charge >= 0.3 is 0 Å². The Bertz CT molecular complexity index is 423. The number of nitriles is 1. The Hall–Kier alpha value is -1.69. The summed E-state index contributed by atoms with van der Waals surface area (Å²) in [6.07, 6.45) is 5.03. The van der Waals surface area contributed by atoms with Gasteiger partial charge in [-0.15, -0.1) is 0 Å². The molecule has 0 saturated carbocycles. The third-order valence-corrected chi connectivity index (χ3v) is 2.97. The second kappa shape index (κ2) is 3.47. The maximum Gasteiger partial charge on any atom is 0.203 e. The van der Waals surface area contributed by atoms with Crippen LogP contribution in [0.25, 0.3) is 0 Å². The standard InChI is InChI=1S/C12H14N2O/c1-3-8-5-4-7(2)11-10(8)9(6-13)12(14)15-11/h4-5,7,11H,3,14H2,1-2H3. The minimum atomic E-state index is -0.0559. The van der Waals surface area contributed by atoms with E-state index < -0.39 is 0 Å². The van der Waals surface area contributed by atoms with Gasteiger partial charge in [-0.1, -0.05) is 26.0 Å². The molecule has 2 unspecified atom stereocenters. The maximum absolute atomic E-state index is 9.05. The van der Waals surface area contributed by atoms with Crippen molar-refractivity contribution >= 4 is 0 Å². The van der Waals surface area contributed by atoms with Crippen molar-refractivity contribution < 1.29 is 4.74 Å². The van der Waals surface area contributed by atoms with Gasteiger partial charge in [-0.05, 0) is 12.0 Å². The van der Waals surface area contributed by atoms with Crippen LogP contribution >= 0.6 is 0 Å². The summed E-state index contributed by atoms with van der Waals surface area (Å²) < 4.78 is 5.54. The molecule has 78 valence electrons. The molecule has 0 fully saturated rings. The average molecular weight is 202 g/mol. The first-order chi connectivity index (χ1) is 7.19. The van der Waals surface area contributed by atoms with E-state index in [1.807, 2.05) is 0 Å². The molecule has 0 radical (unpaired) electrons. The lowest BCUT2D eigenvalue weighted by atomic mass is 9.84. The monoisotopic (exact) mass is 202 g/mol.